The molecular formula is C19H16ClN3O3. The fraction of sp³-hybridized carbons (Fsp3) is 0.211. The zero-order valence-electron chi connectivity index (χ0n) is 13.9. The van der Waals surface area contributed by atoms with E-state index in [9.17, 15) is 4.79 Å². The number of carbonyl (C=O) groups is 1. The summed E-state index contributed by atoms with van der Waals surface area (Å²) in [7, 11) is 0. The lowest BCUT2D eigenvalue weighted by atomic mass is 10.2. The van der Waals surface area contributed by atoms with E-state index in [-0.39, 0.29) is 12.5 Å². The van der Waals surface area contributed by atoms with Crippen molar-refractivity contribution in [2.75, 3.05) is 11.4 Å². The molecule has 1 aliphatic rings. The second-order valence-electron chi connectivity index (χ2n) is 5.96. The average Bonchev–Trinajstić information content (AvgIpc) is 3.29. The summed E-state index contributed by atoms with van der Waals surface area (Å²) in [6.07, 6.45) is 1.48. The van der Waals surface area contributed by atoms with Crippen LogP contribution in [0.3, 0.4) is 0 Å². The van der Waals surface area contributed by atoms with Gasteiger partial charge in [0.05, 0.1) is 0 Å². The van der Waals surface area contributed by atoms with Gasteiger partial charge in [-0.3, -0.25) is 4.79 Å². The summed E-state index contributed by atoms with van der Waals surface area (Å²) in [5.74, 6) is 1.61. The Morgan fingerprint density at radius 2 is 2.08 bits per heavy atom. The van der Waals surface area contributed by atoms with Crippen LogP contribution in [0.25, 0.3) is 11.4 Å². The molecule has 132 valence electrons. The molecule has 1 amide bonds. The van der Waals surface area contributed by atoms with E-state index in [0.717, 1.165) is 24.2 Å². The van der Waals surface area contributed by atoms with Crippen molar-refractivity contribution < 1.29 is 14.1 Å². The maximum absolute atomic E-state index is 11.9. The van der Waals surface area contributed by atoms with Gasteiger partial charge < -0.3 is 14.2 Å². The Morgan fingerprint density at radius 3 is 2.88 bits per heavy atom. The van der Waals surface area contributed by atoms with Crippen LogP contribution in [0, 0.1) is 0 Å². The fourth-order valence-electron chi connectivity index (χ4n) is 2.87. The Balaban J connectivity index is 1.44. The Bertz CT molecular complexity index is 941. The predicted molar refractivity (Wildman–Crippen MR) is 97.1 cm³/mol. The van der Waals surface area contributed by atoms with E-state index in [2.05, 4.69) is 10.1 Å². The van der Waals surface area contributed by atoms with E-state index in [4.69, 9.17) is 20.9 Å². The first kappa shape index (κ1) is 16.6. The zero-order chi connectivity index (χ0) is 17.9. The molecule has 2 heterocycles. The Hall–Kier alpha value is -2.86. The molecule has 0 aliphatic carbocycles. The fourth-order valence-corrected chi connectivity index (χ4v) is 3.06. The second kappa shape index (κ2) is 7.17. The first-order valence-electron chi connectivity index (χ1n) is 8.31. The number of hydrogen-bond donors (Lipinski definition) is 0. The summed E-state index contributed by atoms with van der Waals surface area (Å²) >= 11 is 5.98. The summed E-state index contributed by atoms with van der Waals surface area (Å²) < 4.78 is 11.0. The van der Waals surface area contributed by atoms with E-state index >= 15 is 0 Å². The van der Waals surface area contributed by atoms with Gasteiger partial charge in [0.2, 0.25) is 11.7 Å². The van der Waals surface area contributed by atoms with Gasteiger partial charge in [-0.1, -0.05) is 35.0 Å². The van der Waals surface area contributed by atoms with Crippen molar-refractivity contribution >= 4 is 23.2 Å². The summed E-state index contributed by atoms with van der Waals surface area (Å²) in [5.41, 5.74) is 1.62. The van der Waals surface area contributed by atoms with Crippen LogP contribution in [0.4, 0.5) is 5.69 Å². The van der Waals surface area contributed by atoms with Crippen molar-refractivity contribution in [1.82, 2.24) is 10.1 Å². The van der Waals surface area contributed by atoms with Crippen LogP contribution in [-0.4, -0.2) is 22.6 Å². The highest BCUT2D eigenvalue weighted by Crippen LogP contribution is 2.26. The highest BCUT2D eigenvalue weighted by molar-refractivity contribution is 6.30. The van der Waals surface area contributed by atoms with Crippen molar-refractivity contribution in [3.05, 3.63) is 59.4 Å². The predicted octanol–water partition coefficient (Wildman–Crippen LogP) is 4.10. The maximum atomic E-state index is 11.9. The third-order valence-electron chi connectivity index (χ3n) is 4.12. The lowest BCUT2D eigenvalue weighted by Gasteiger charge is -2.16. The van der Waals surface area contributed by atoms with Gasteiger partial charge in [0.1, 0.15) is 5.75 Å². The van der Waals surface area contributed by atoms with Crippen LogP contribution in [0.15, 0.2) is 53.1 Å². The quantitative estimate of drug-likeness (QED) is 0.677. The van der Waals surface area contributed by atoms with Crippen molar-refractivity contribution in [3.8, 4) is 17.1 Å². The smallest absolute Gasteiger partial charge is 0.264 e. The number of benzene rings is 2. The molecule has 6 nitrogen and oxygen atoms in total. The normalized spacial score (nSPS) is 14.0. The Kier molecular flexibility index (Phi) is 4.58. The number of nitrogens with zero attached hydrogens (tertiary/aromatic N) is 3. The van der Waals surface area contributed by atoms with Crippen LogP contribution in [-0.2, 0) is 11.4 Å². The number of anilines is 1. The monoisotopic (exact) mass is 369 g/mol. The first-order valence-corrected chi connectivity index (χ1v) is 8.68. The highest BCUT2D eigenvalue weighted by Gasteiger charge is 2.21. The minimum absolute atomic E-state index is 0.144. The third-order valence-corrected chi connectivity index (χ3v) is 4.35. The van der Waals surface area contributed by atoms with Gasteiger partial charge in [-0.15, -0.1) is 0 Å². The van der Waals surface area contributed by atoms with Gasteiger partial charge in [0, 0.05) is 35.3 Å². The molecule has 1 saturated heterocycles. The van der Waals surface area contributed by atoms with E-state index in [1.807, 2.05) is 36.4 Å². The van der Waals surface area contributed by atoms with Gasteiger partial charge in [-0.2, -0.15) is 4.98 Å². The highest BCUT2D eigenvalue weighted by atomic mass is 35.5. The molecule has 3 aromatic rings. The molecule has 0 unspecified atom stereocenters. The van der Waals surface area contributed by atoms with Crippen LogP contribution >= 0.6 is 11.6 Å². The Labute approximate surface area is 155 Å². The van der Waals surface area contributed by atoms with Crippen LogP contribution in [0.2, 0.25) is 5.02 Å². The number of hydrogen-bond acceptors (Lipinski definition) is 5. The number of rotatable bonds is 5. The van der Waals surface area contributed by atoms with Crippen molar-refractivity contribution in [2.45, 2.75) is 19.4 Å². The topological polar surface area (TPSA) is 68.5 Å². The molecule has 1 fully saturated rings. The molecule has 0 spiro atoms. The van der Waals surface area contributed by atoms with E-state index < -0.39 is 0 Å². The average molecular weight is 370 g/mol. The van der Waals surface area contributed by atoms with E-state index in [1.165, 1.54) is 0 Å². The summed E-state index contributed by atoms with van der Waals surface area (Å²) in [5, 5.41) is 4.56. The van der Waals surface area contributed by atoms with Crippen LogP contribution in [0.1, 0.15) is 18.7 Å². The minimum atomic E-state index is 0.144. The van der Waals surface area contributed by atoms with Gasteiger partial charge in [0.25, 0.3) is 5.89 Å². The van der Waals surface area contributed by atoms with Crippen molar-refractivity contribution in [2.24, 2.45) is 0 Å². The van der Waals surface area contributed by atoms with Crippen LogP contribution in [0.5, 0.6) is 5.75 Å². The first-order chi connectivity index (χ1) is 12.7. The van der Waals surface area contributed by atoms with Gasteiger partial charge in [-0.25, -0.2) is 0 Å². The molecule has 7 heteroatoms. The number of amides is 1. The standard InChI is InChI=1S/C19H16ClN3O3/c20-14-5-1-4-13(10-14)19-21-17(26-22-19)12-25-16-7-2-6-15(11-16)23-9-3-8-18(23)24/h1-2,4-7,10-11H,3,8-9,12H2. The number of halogens is 1. The summed E-state index contributed by atoms with van der Waals surface area (Å²) in [4.78, 5) is 18.0. The lowest BCUT2D eigenvalue weighted by molar-refractivity contribution is -0.117. The lowest BCUT2D eigenvalue weighted by Crippen LogP contribution is -2.23. The molecule has 0 N–H and O–H groups in total. The molecule has 1 aromatic heterocycles. The summed E-state index contributed by atoms with van der Waals surface area (Å²) in [6, 6.07) is 14.7. The maximum Gasteiger partial charge on any atom is 0.264 e. The number of ether oxygens (including phenoxy) is 1. The largest absolute Gasteiger partial charge is 0.484 e. The minimum Gasteiger partial charge on any atom is -0.484 e. The number of carbonyl (C=O) groups excluding carboxylic acids is 1. The SMILES string of the molecule is O=C1CCCN1c1cccc(OCc2nc(-c3cccc(Cl)c3)no2)c1. The third kappa shape index (κ3) is 3.55. The molecule has 0 bridgehead atoms. The van der Waals surface area contributed by atoms with Gasteiger partial charge >= 0.3 is 0 Å². The second-order valence-corrected chi connectivity index (χ2v) is 6.39. The molecule has 2 aromatic carbocycles. The molecule has 4 rings (SSSR count). The summed E-state index contributed by atoms with van der Waals surface area (Å²) in [6.45, 7) is 0.889. The van der Waals surface area contributed by atoms with Crippen molar-refractivity contribution in [3.63, 3.8) is 0 Å². The Morgan fingerprint density at radius 1 is 1.19 bits per heavy atom. The zero-order valence-corrected chi connectivity index (χ0v) is 14.6. The van der Waals surface area contributed by atoms with Gasteiger partial charge in [-0.05, 0) is 30.7 Å². The molecule has 0 saturated carbocycles. The van der Waals surface area contributed by atoms with E-state index in [1.54, 1.807) is 17.0 Å². The van der Waals surface area contributed by atoms with Crippen molar-refractivity contribution in [1.29, 1.82) is 0 Å². The molecule has 1 aliphatic heterocycles. The number of aromatic nitrogens is 2. The van der Waals surface area contributed by atoms with Crippen LogP contribution < -0.4 is 9.64 Å². The molecule has 0 atom stereocenters. The van der Waals surface area contributed by atoms with E-state index in [0.29, 0.717) is 28.9 Å². The van der Waals surface area contributed by atoms with Gasteiger partial charge in [0.15, 0.2) is 6.61 Å². The molecule has 0 radical (unpaired) electrons. The molecular weight excluding hydrogens is 354 g/mol. The molecule has 26 heavy (non-hydrogen) atoms.